The van der Waals surface area contributed by atoms with E-state index in [9.17, 15) is 30.3 Å². The Morgan fingerprint density at radius 1 is 1.12 bits per heavy atom. The summed E-state index contributed by atoms with van der Waals surface area (Å²) in [6.45, 7) is 3.48. The molecule has 1 saturated heterocycles. The zero-order valence-corrected chi connectivity index (χ0v) is 13.6. The van der Waals surface area contributed by atoms with Crippen molar-refractivity contribution >= 4 is 17.1 Å². The number of nitrogens with zero attached hydrogens (tertiary/aromatic N) is 4. The van der Waals surface area contributed by atoms with E-state index in [1.54, 1.807) is 0 Å². The lowest BCUT2D eigenvalue weighted by Crippen LogP contribution is -2.35. The molecule has 1 heterocycles. The highest BCUT2D eigenvalue weighted by Gasteiger charge is 2.36. The minimum Gasteiger partial charge on any atom is -0.463 e. The molecule has 0 radical (unpaired) electrons. The lowest BCUT2D eigenvalue weighted by Gasteiger charge is -2.24. The second kappa shape index (κ2) is 7.83. The Hall–Kier alpha value is -2.82. The average molecular weight is 354 g/mol. The van der Waals surface area contributed by atoms with Crippen LogP contribution in [0.25, 0.3) is 0 Å². The van der Waals surface area contributed by atoms with Gasteiger partial charge in [0.2, 0.25) is 0 Å². The predicted octanol–water partition coefficient (Wildman–Crippen LogP) is 3.01. The van der Waals surface area contributed by atoms with E-state index in [2.05, 4.69) is 0 Å². The number of nitro groups is 3. The zero-order chi connectivity index (χ0) is 18.6. The quantitative estimate of drug-likeness (QED) is 0.512. The van der Waals surface area contributed by atoms with Gasteiger partial charge in [0.15, 0.2) is 6.23 Å². The molecule has 0 saturated carbocycles. The van der Waals surface area contributed by atoms with Gasteiger partial charge in [-0.2, -0.15) is 0 Å². The van der Waals surface area contributed by atoms with Crippen LogP contribution in [0.3, 0.4) is 0 Å². The lowest BCUT2D eigenvalue weighted by molar-refractivity contribution is -0.404. The summed E-state index contributed by atoms with van der Waals surface area (Å²) in [6, 6.07) is 1.38. The van der Waals surface area contributed by atoms with Gasteiger partial charge in [-0.1, -0.05) is 13.3 Å². The van der Waals surface area contributed by atoms with E-state index < -0.39 is 43.8 Å². The van der Waals surface area contributed by atoms with Crippen LogP contribution in [-0.4, -0.2) is 39.0 Å². The Bertz CT molecular complexity index is 659. The Balaban J connectivity index is 2.42. The molecule has 1 aliphatic heterocycles. The molecule has 25 heavy (non-hydrogen) atoms. The molecule has 1 fully saturated rings. The predicted molar refractivity (Wildman–Crippen MR) is 86.5 cm³/mol. The Morgan fingerprint density at radius 2 is 1.72 bits per heavy atom. The smallest absolute Gasteiger partial charge is 0.325 e. The molecular weight excluding hydrogens is 336 g/mol. The molecule has 11 nitrogen and oxygen atoms in total. The SMILES string of the molecule is CCCCN1CCCC1Oc1c([N+](=O)[O-])cc([N+](=O)[O-])cc1[N+](=O)[O-]. The summed E-state index contributed by atoms with van der Waals surface area (Å²) < 4.78 is 5.62. The molecule has 0 aromatic heterocycles. The summed E-state index contributed by atoms with van der Waals surface area (Å²) in [5.41, 5.74) is -2.27. The van der Waals surface area contributed by atoms with Gasteiger partial charge in [-0.25, -0.2) is 0 Å². The molecule has 1 aromatic carbocycles. The summed E-state index contributed by atoms with van der Waals surface area (Å²) in [5, 5.41) is 33.4. The van der Waals surface area contributed by atoms with Crippen LogP contribution < -0.4 is 4.74 Å². The van der Waals surface area contributed by atoms with Crippen molar-refractivity contribution in [2.45, 2.75) is 38.8 Å². The van der Waals surface area contributed by atoms with Crippen LogP contribution in [0.5, 0.6) is 5.75 Å². The monoisotopic (exact) mass is 354 g/mol. The average Bonchev–Trinajstić information content (AvgIpc) is 2.99. The number of likely N-dealkylation sites (tertiary alicyclic amines) is 1. The molecule has 1 aromatic rings. The summed E-state index contributed by atoms with van der Waals surface area (Å²) in [7, 11) is 0. The molecule has 2 rings (SSSR count). The second-order valence-electron chi connectivity index (χ2n) is 5.69. The largest absolute Gasteiger partial charge is 0.463 e. The number of non-ortho nitro benzene ring substituents is 1. The molecule has 1 atom stereocenters. The number of unbranched alkanes of at least 4 members (excludes halogenated alkanes) is 1. The normalized spacial score (nSPS) is 17.4. The third-order valence-electron chi connectivity index (χ3n) is 4.00. The van der Waals surface area contributed by atoms with Crippen molar-refractivity contribution in [3.05, 3.63) is 42.5 Å². The number of rotatable bonds is 8. The summed E-state index contributed by atoms with van der Waals surface area (Å²) in [5.74, 6) is -0.533. The van der Waals surface area contributed by atoms with Crippen LogP contribution in [0.4, 0.5) is 17.1 Å². The van der Waals surface area contributed by atoms with E-state index in [1.165, 1.54) is 0 Å². The molecule has 136 valence electrons. The number of benzene rings is 1. The van der Waals surface area contributed by atoms with Crippen molar-refractivity contribution in [2.75, 3.05) is 13.1 Å². The molecule has 0 spiro atoms. The highest BCUT2D eigenvalue weighted by Crippen LogP contribution is 2.42. The van der Waals surface area contributed by atoms with E-state index >= 15 is 0 Å². The summed E-state index contributed by atoms with van der Waals surface area (Å²) >= 11 is 0. The van der Waals surface area contributed by atoms with Gasteiger partial charge in [-0.3, -0.25) is 35.2 Å². The summed E-state index contributed by atoms with van der Waals surface area (Å²) in [6.07, 6.45) is 2.73. The molecule has 0 aliphatic carbocycles. The maximum atomic E-state index is 11.3. The van der Waals surface area contributed by atoms with Crippen LogP contribution in [-0.2, 0) is 0 Å². The second-order valence-corrected chi connectivity index (χ2v) is 5.69. The maximum Gasteiger partial charge on any atom is 0.325 e. The van der Waals surface area contributed by atoms with Gasteiger partial charge in [0.25, 0.3) is 11.4 Å². The Morgan fingerprint density at radius 3 is 2.20 bits per heavy atom. The fourth-order valence-corrected chi connectivity index (χ4v) is 2.76. The van der Waals surface area contributed by atoms with Crippen molar-refractivity contribution in [1.82, 2.24) is 4.90 Å². The van der Waals surface area contributed by atoms with Crippen LogP contribution in [0, 0.1) is 30.3 Å². The van der Waals surface area contributed by atoms with Crippen LogP contribution >= 0.6 is 0 Å². The number of ether oxygens (including phenoxy) is 1. The lowest BCUT2D eigenvalue weighted by atomic mass is 10.2. The third kappa shape index (κ3) is 4.18. The van der Waals surface area contributed by atoms with E-state index in [0.29, 0.717) is 18.6 Å². The topological polar surface area (TPSA) is 142 Å². The van der Waals surface area contributed by atoms with Crippen molar-refractivity contribution in [1.29, 1.82) is 0 Å². The number of nitro benzene ring substituents is 3. The minimum absolute atomic E-state index is 0.523. The molecular formula is C14H18N4O7. The molecule has 0 N–H and O–H groups in total. The first-order chi connectivity index (χ1) is 11.8. The van der Waals surface area contributed by atoms with Gasteiger partial charge in [0, 0.05) is 13.1 Å². The van der Waals surface area contributed by atoms with Crippen molar-refractivity contribution < 1.29 is 19.5 Å². The maximum absolute atomic E-state index is 11.3. The zero-order valence-electron chi connectivity index (χ0n) is 13.6. The minimum atomic E-state index is -0.910. The number of hydrogen-bond donors (Lipinski definition) is 0. The van der Waals surface area contributed by atoms with Crippen LogP contribution in [0.1, 0.15) is 32.6 Å². The Kier molecular flexibility index (Phi) is 5.80. The first kappa shape index (κ1) is 18.5. The van der Waals surface area contributed by atoms with E-state index in [4.69, 9.17) is 4.74 Å². The van der Waals surface area contributed by atoms with Gasteiger partial charge in [0.05, 0.1) is 26.9 Å². The van der Waals surface area contributed by atoms with Crippen molar-refractivity contribution in [2.24, 2.45) is 0 Å². The van der Waals surface area contributed by atoms with Gasteiger partial charge in [-0.05, 0) is 19.3 Å². The van der Waals surface area contributed by atoms with Crippen LogP contribution in [0.2, 0.25) is 0 Å². The Labute approximate surface area is 142 Å². The third-order valence-corrected chi connectivity index (χ3v) is 4.00. The van der Waals surface area contributed by atoms with Gasteiger partial charge < -0.3 is 4.74 Å². The summed E-state index contributed by atoms with van der Waals surface area (Å²) in [4.78, 5) is 32.7. The molecule has 11 heteroatoms. The molecule has 0 amide bonds. The van der Waals surface area contributed by atoms with E-state index in [0.717, 1.165) is 32.4 Å². The number of hydrogen-bond acceptors (Lipinski definition) is 8. The van der Waals surface area contributed by atoms with Crippen molar-refractivity contribution in [3.63, 3.8) is 0 Å². The first-order valence-electron chi connectivity index (χ1n) is 7.87. The standard InChI is InChI=1S/C14H18N4O7/c1-2-3-6-15-7-4-5-13(15)25-14-11(17(21)22)8-10(16(19)20)9-12(14)18(23)24/h8-9,13H,2-7H2,1H3. The van der Waals surface area contributed by atoms with Gasteiger partial charge in [0.1, 0.15) is 0 Å². The van der Waals surface area contributed by atoms with Crippen LogP contribution in [0.15, 0.2) is 12.1 Å². The fourth-order valence-electron chi connectivity index (χ4n) is 2.76. The molecule has 1 aliphatic rings. The highest BCUT2D eigenvalue weighted by molar-refractivity contribution is 5.65. The van der Waals surface area contributed by atoms with E-state index in [-0.39, 0.29) is 0 Å². The molecule has 1 unspecified atom stereocenters. The molecule has 0 bridgehead atoms. The van der Waals surface area contributed by atoms with E-state index in [1.807, 2.05) is 11.8 Å². The van der Waals surface area contributed by atoms with Crippen molar-refractivity contribution in [3.8, 4) is 5.75 Å². The fraction of sp³-hybridized carbons (Fsp3) is 0.571. The highest BCUT2D eigenvalue weighted by atomic mass is 16.6. The van der Waals surface area contributed by atoms with Gasteiger partial charge in [-0.15, -0.1) is 0 Å². The first-order valence-corrected chi connectivity index (χ1v) is 7.87. The van der Waals surface area contributed by atoms with Gasteiger partial charge >= 0.3 is 11.4 Å².